The molecule has 0 amide bonds. The molecule has 8 aromatic rings. The summed E-state index contributed by atoms with van der Waals surface area (Å²) in [5.74, 6) is 5.10. The lowest BCUT2D eigenvalue weighted by Crippen LogP contribution is -2.55. The van der Waals surface area contributed by atoms with E-state index in [9.17, 15) is 0 Å². The Kier molecular flexibility index (Phi) is 6.20. The van der Waals surface area contributed by atoms with Gasteiger partial charge < -0.3 is 4.42 Å². The van der Waals surface area contributed by atoms with Crippen LogP contribution in [0.15, 0.2) is 144 Å². The number of benzene rings is 6. The zero-order valence-electron chi connectivity index (χ0n) is 29.4. The van der Waals surface area contributed by atoms with Crippen LogP contribution in [0, 0.1) is 23.7 Å². The van der Waals surface area contributed by atoms with Crippen molar-refractivity contribution in [3.05, 3.63) is 151 Å². The number of fused-ring (bicyclic) bond motifs is 7. The van der Waals surface area contributed by atoms with Gasteiger partial charge in [0.15, 0.2) is 17.5 Å². The van der Waals surface area contributed by atoms with E-state index in [2.05, 4.69) is 103 Å². The van der Waals surface area contributed by atoms with Crippen LogP contribution in [0.1, 0.15) is 43.2 Å². The van der Waals surface area contributed by atoms with Crippen molar-refractivity contribution in [1.82, 2.24) is 15.0 Å². The molecule has 4 heteroatoms. The van der Waals surface area contributed by atoms with Gasteiger partial charge in [-0.2, -0.15) is 0 Å². The van der Waals surface area contributed by atoms with Crippen molar-refractivity contribution in [3.8, 4) is 56.4 Å². The van der Waals surface area contributed by atoms with Crippen LogP contribution < -0.4 is 0 Å². The Hall–Kier alpha value is -5.87. The van der Waals surface area contributed by atoms with Gasteiger partial charge in [-0.05, 0) is 89.7 Å². The molecule has 254 valence electrons. The maximum atomic E-state index is 7.07. The van der Waals surface area contributed by atoms with E-state index in [0.29, 0.717) is 29.3 Å². The molecule has 5 aliphatic rings. The predicted molar refractivity (Wildman–Crippen MR) is 212 cm³/mol. The summed E-state index contributed by atoms with van der Waals surface area (Å²) >= 11 is 0. The third-order valence-corrected chi connectivity index (χ3v) is 13.3. The minimum Gasteiger partial charge on any atom is -0.455 e. The minimum absolute atomic E-state index is 0.0517. The third kappa shape index (κ3) is 4.15. The van der Waals surface area contributed by atoms with Crippen molar-refractivity contribution in [3.63, 3.8) is 0 Å². The fourth-order valence-corrected chi connectivity index (χ4v) is 11.6. The molecule has 2 heterocycles. The van der Waals surface area contributed by atoms with E-state index in [1.807, 2.05) is 36.4 Å². The number of aromatic nitrogens is 3. The second-order valence-corrected chi connectivity index (χ2v) is 15.9. The molecule has 4 saturated carbocycles. The fraction of sp³-hybridized carbons (Fsp3) is 0.204. The first kappa shape index (κ1) is 29.7. The first-order valence-corrected chi connectivity index (χ1v) is 19.3. The van der Waals surface area contributed by atoms with E-state index in [0.717, 1.165) is 50.8 Å². The summed E-state index contributed by atoms with van der Waals surface area (Å²) in [5, 5.41) is 2.52. The first-order chi connectivity index (χ1) is 26.2. The lowest BCUT2D eigenvalue weighted by molar-refractivity contribution is -0.0393. The molecule has 0 N–H and O–H groups in total. The Morgan fingerprint density at radius 2 is 1.02 bits per heavy atom. The molecule has 6 aromatic carbocycles. The van der Waals surface area contributed by atoms with Crippen LogP contribution in [0.5, 0.6) is 0 Å². The van der Waals surface area contributed by atoms with Crippen LogP contribution in [0.3, 0.4) is 0 Å². The summed E-state index contributed by atoms with van der Waals surface area (Å²) in [5.41, 5.74) is 12.9. The van der Waals surface area contributed by atoms with Gasteiger partial charge >= 0.3 is 0 Å². The molecule has 1 spiro atoms. The minimum atomic E-state index is 0.0517. The molecule has 2 aromatic heterocycles. The Morgan fingerprint density at radius 1 is 0.453 bits per heavy atom. The number of furan rings is 1. The van der Waals surface area contributed by atoms with E-state index in [1.165, 1.54) is 54.0 Å². The third-order valence-electron chi connectivity index (χ3n) is 13.3. The maximum Gasteiger partial charge on any atom is 0.164 e. The van der Waals surface area contributed by atoms with Gasteiger partial charge in [-0.15, -0.1) is 0 Å². The van der Waals surface area contributed by atoms with Crippen LogP contribution in [0.2, 0.25) is 0 Å². The summed E-state index contributed by atoms with van der Waals surface area (Å²) in [4.78, 5) is 15.2. The van der Waals surface area contributed by atoms with Crippen molar-refractivity contribution in [2.75, 3.05) is 0 Å². The molecular weight excluding hydrogens is 647 g/mol. The fourth-order valence-electron chi connectivity index (χ4n) is 11.6. The lowest BCUT2D eigenvalue weighted by Gasteiger charge is -2.61. The molecule has 5 aliphatic carbocycles. The maximum absolute atomic E-state index is 7.07. The van der Waals surface area contributed by atoms with Gasteiger partial charge in [0, 0.05) is 38.4 Å². The quantitative estimate of drug-likeness (QED) is 0.185. The van der Waals surface area contributed by atoms with Crippen molar-refractivity contribution in [2.24, 2.45) is 23.7 Å². The van der Waals surface area contributed by atoms with E-state index in [-0.39, 0.29) is 5.41 Å². The summed E-state index contributed by atoms with van der Waals surface area (Å²) in [6.07, 6.45) is 6.86. The van der Waals surface area contributed by atoms with Crippen LogP contribution >= 0.6 is 0 Å². The molecule has 4 fully saturated rings. The molecule has 4 nitrogen and oxygen atoms in total. The molecule has 0 aliphatic heterocycles. The predicted octanol–water partition coefficient (Wildman–Crippen LogP) is 12.2. The normalized spacial score (nSPS) is 23.5. The number of para-hydroxylation sites is 1. The summed E-state index contributed by atoms with van der Waals surface area (Å²) in [6.45, 7) is 0. The average molecular weight is 684 g/mol. The highest BCUT2D eigenvalue weighted by Crippen LogP contribution is 2.70. The van der Waals surface area contributed by atoms with Gasteiger partial charge in [0.1, 0.15) is 11.2 Å². The molecule has 0 radical (unpaired) electrons. The largest absolute Gasteiger partial charge is 0.455 e. The molecule has 13 rings (SSSR count). The van der Waals surface area contributed by atoms with Crippen molar-refractivity contribution in [2.45, 2.75) is 37.5 Å². The molecule has 0 saturated heterocycles. The zero-order valence-corrected chi connectivity index (χ0v) is 29.4. The average Bonchev–Trinajstić information content (AvgIpc) is 3.74. The van der Waals surface area contributed by atoms with Crippen molar-refractivity contribution < 1.29 is 4.42 Å². The van der Waals surface area contributed by atoms with Gasteiger partial charge in [-0.1, -0.05) is 133 Å². The standard InChI is InChI=1S/C49H37N3O/c1-3-12-31(13-4-1)46-50-47(32-14-5-2-6-15-32)52-48(51-46)39-18-8-7-16-35(39)38-19-11-20-40-43-42(53-45(38)40)23-22-37-36-17-9-10-21-41(36)49(44(37)43)33-25-29-24-30(27-33)28-34(49)26-29/h1-23,29-30,33-34H,24-28H2. The van der Waals surface area contributed by atoms with Crippen LogP contribution in [0.25, 0.3) is 78.4 Å². The molecule has 53 heavy (non-hydrogen) atoms. The van der Waals surface area contributed by atoms with Gasteiger partial charge in [0.25, 0.3) is 0 Å². The Morgan fingerprint density at radius 3 is 1.70 bits per heavy atom. The molecule has 0 unspecified atom stereocenters. The molecule has 4 bridgehead atoms. The summed E-state index contributed by atoms with van der Waals surface area (Å²) in [6, 6.07) is 49.6. The highest BCUT2D eigenvalue weighted by atomic mass is 16.3. The summed E-state index contributed by atoms with van der Waals surface area (Å²) in [7, 11) is 0. The lowest BCUT2D eigenvalue weighted by atomic mass is 9.43. The highest BCUT2D eigenvalue weighted by molar-refractivity contribution is 6.15. The first-order valence-electron chi connectivity index (χ1n) is 19.3. The Balaban J connectivity index is 1.09. The second kappa shape index (κ2) is 11.1. The number of hydrogen-bond acceptors (Lipinski definition) is 4. The van der Waals surface area contributed by atoms with Crippen LogP contribution in [-0.2, 0) is 5.41 Å². The van der Waals surface area contributed by atoms with Crippen LogP contribution in [-0.4, -0.2) is 15.0 Å². The van der Waals surface area contributed by atoms with Crippen molar-refractivity contribution in [1.29, 1.82) is 0 Å². The number of rotatable bonds is 4. The van der Waals surface area contributed by atoms with Gasteiger partial charge in [-0.25, -0.2) is 15.0 Å². The SMILES string of the molecule is c1ccc(-c2nc(-c3ccccc3)nc(-c3ccccc3-c3cccc4c3oc3ccc5c(c34)C3(c4ccccc4-5)C4CC5CC(C4)CC3C5)n2)cc1. The second-order valence-electron chi connectivity index (χ2n) is 15.9. The topological polar surface area (TPSA) is 51.8 Å². The van der Waals surface area contributed by atoms with Crippen molar-refractivity contribution >= 4 is 21.9 Å². The van der Waals surface area contributed by atoms with E-state index in [4.69, 9.17) is 19.4 Å². The Labute approximate surface area is 308 Å². The van der Waals surface area contributed by atoms with Gasteiger partial charge in [-0.3, -0.25) is 0 Å². The molecular formula is C49H37N3O. The molecule has 0 atom stereocenters. The monoisotopic (exact) mass is 683 g/mol. The Bertz CT molecular complexity index is 2660. The van der Waals surface area contributed by atoms with Crippen LogP contribution in [0.4, 0.5) is 0 Å². The van der Waals surface area contributed by atoms with Gasteiger partial charge in [0.05, 0.1) is 0 Å². The summed E-state index contributed by atoms with van der Waals surface area (Å²) < 4.78 is 7.07. The number of hydrogen-bond donors (Lipinski definition) is 0. The van der Waals surface area contributed by atoms with E-state index < -0.39 is 0 Å². The van der Waals surface area contributed by atoms with E-state index >= 15 is 0 Å². The van der Waals surface area contributed by atoms with E-state index in [1.54, 1.807) is 11.1 Å². The zero-order chi connectivity index (χ0) is 34.7. The van der Waals surface area contributed by atoms with Gasteiger partial charge in [0.2, 0.25) is 0 Å². The highest BCUT2D eigenvalue weighted by Gasteiger charge is 2.62. The number of nitrogens with zero attached hydrogens (tertiary/aromatic N) is 3. The smallest absolute Gasteiger partial charge is 0.164 e.